The first-order chi connectivity index (χ1) is 6.36. The van der Waals surface area contributed by atoms with Gasteiger partial charge in [0.15, 0.2) is 0 Å². The van der Waals surface area contributed by atoms with Gasteiger partial charge in [-0.15, -0.1) is 11.3 Å². The van der Waals surface area contributed by atoms with E-state index in [4.69, 9.17) is 4.74 Å². The van der Waals surface area contributed by atoms with Crippen molar-refractivity contribution in [2.24, 2.45) is 0 Å². The van der Waals surface area contributed by atoms with Gasteiger partial charge >= 0.3 is 0 Å². The van der Waals surface area contributed by atoms with Crippen LogP contribution in [0.5, 0.6) is 0 Å². The van der Waals surface area contributed by atoms with Crippen LogP contribution in [-0.4, -0.2) is 28.9 Å². The molecule has 2 unspecified atom stereocenters. The van der Waals surface area contributed by atoms with E-state index in [1.165, 1.54) is 0 Å². The van der Waals surface area contributed by atoms with Gasteiger partial charge in [-0.2, -0.15) is 0 Å². The molecule has 2 rings (SSSR count). The van der Waals surface area contributed by atoms with Crippen LogP contribution in [0.25, 0.3) is 0 Å². The molecule has 1 aliphatic heterocycles. The predicted octanol–water partition coefficient (Wildman–Crippen LogP) is 1.23. The molecule has 2 atom stereocenters. The number of nitrogens with zero attached hydrogens (tertiary/aromatic N) is 1. The van der Waals surface area contributed by atoms with Crippen LogP contribution >= 0.6 is 11.3 Å². The minimum Gasteiger partial charge on any atom is -0.390 e. The Hall–Kier alpha value is -0.450. The monoisotopic (exact) mass is 199 g/mol. The third-order valence-electron chi connectivity index (χ3n) is 2.26. The average molecular weight is 199 g/mol. The second kappa shape index (κ2) is 4.17. The molecule has 0 aromatic carbocycles. The molecule has 1 saturated heterocycles. The van der Waals surface area contributed by atoms with Crippen LogP contribution in [-0.2, 0) is 11.2 Å². The summed E-state index contributed by atoms with van der Waals surface area (Å²) in [5, 5.41) is 12.7. The first-order valence-electron chi connectivity index (χ1n) is 4.54. The van der Waals surface area contributed by atoms with E-state index in [0.29, 0.717) is 6.42 Å². The van der Waals surface area contributed by atoms with E-state index in [1.54, 1.807) is 17.5 Å². The molecule has 3 nitrogen and oxygen atoms in total. The maximum absolute atomic E-state index is 9.76. The summed E-state index contributed by atoms with van der Waals surface area (Å²) in [5.41, 5.74) is 0. The molecule has 1 N–H and O–H groups in total. The molecule has 0 bridgehead atoms. The average Bonchev–Trinajstić information content (AvgIpc) is 2.74. The Morgan fingerprint density at radius 2 is 2.69 bits per heavy atom. The van der Waals surface area contributed by atoms with Crippen LogP contribution in [0.2, 0.25) is 0 Å². The fourth-order valence-corrected chi connectivity index (χ4v) is 2.24. The minimum absolute atomic E-state index is 0.0314. The molecule has 1 fully saturated rings. The molecule has 1 aromatic rings. The van der Waals surface area contributed by atoms with E-state index >= 15 is 0 Å². The van der Waals surface area contributed by atoms with E-state index in [2.05, 4.69) is 4.98 Å². The molecule has 72 valence electrons. The lowest BCUT2D eigenvalue weighted by molar-refractivity contribution is -0.000791. The molecule has 0 saturated carbocycles. The lowest BCUT2D eigenvalue weighted by atomic mass is 10.1. The SMILES string of the molecule is OC(Cc1nccs1)C1CCCO1. The topological polar surface area (TPSA) is 42.4 Å². The normalized spacial score (nSPS) is 24.8. The highest BCUT2D eigenvalue weighted by Crippen LogP contribution is 2.19. The molecule has 1 aromatic heterocycles. The Labute approximate surface area is 81.4 Å². The third-order valence-corrected chi connectivity index (χ3v) is 3.06. The van der Waals surface area contributed by atoms with Gasteiger partial charge in [-0.25, -0.2) is 4.98 Å². The number of aromatic nitrogens is 1. The highest BCUT2D eigenvalue weighted by atomic mass is 32.1. The Morgan fingerprint density at radius 1 is 1.77 bits per heavy atom. The van der Waals surface area contributed by atoms with Gasteiger partial charge in [-0.05, 0) is 12.8 Å². The number of hydrogen-bond acceptors (Lipinski definition) is 4. The summed E-state index contributed by atoms with van der Waals surface area (Å²) in [5.74, 6) is 0. The molecule has 0 amide bonds. The van der Waals surface area contributed by atoms with Crippen molar-refractivity contribution in [3.63, 3.8) is 0 Å². The van der Waals surface area contributed by atoms with Crippen molar-refractivity contribution < 1.29 is 9.84 Å². The number of aliphatic hydroxyl groups is 1. The summed E-state index contributed by atoms with van der Waals surface area (Å²) in [6.07, 6.45) is 4.09. The fourth-order valence-electron chi connectivity index (χ4n) is 1.57. The standard InChI is InChI=1S/C9H13NO2S/c11-7(8-2-1-4-12-8)6-9-10-3-5-13-9/h3,5,7-8,11H,1-2,4,6H2. The zero-order chi connectivity index (χ0) is 9.10. The highest BCUT2D eigenvalue weighted by Gasteiger charge is 2.24. The molecule has 0 aliphatic carbocycles. The summed E-state index contributed by atoms with van der Waals surface area (Å²) >= 11 is 1.58. The zero-order valence-electron chi connectivity index (χ0n) is 7.35. The molecular weight excluding hydrogens is 186 g/mol. The molecule has 0 spiro atoms. The first-order valence-corrected chi connectivity index (χ1v) is 5.42. The third kappa shape index (κ3) is 2.27. The van der Waals surface area contributed by atoms with Crippen molar-refractivity contribution in [1.29, 1.82) is 0 Å². The maximum Gasteiger partial charge on any atom is 0.0951 e. The van der Waals surface area contributed by atoms with Crippen LogP contribution in [0.15, 0.2) is 11.6 Å². The van der Waals surface area contributed by atoms with E-state index < -0.39 is 0 Å². The number of rotatable bonds is 3. The zero-order valence-corrected chi connectivity index (χ0v) is 8.17. The Bertz CT molecular complexity index is 244. The van der Waals surface area contributed by atoms with Gasteiger partial charge in [0.2, 0.25) is 0 Å². The minimum atomic E-state index is -0.381. The Kier molecular flexibility index (Phi) is 2.93. The number of aliphatic hydroxyl groups excluding tert-OH is 1. The fraction of sp³-hybridized carbons (Fsp3) is 0.667. The number of thiazole rings is 1. The van der Waals surface area contributed by atoms with E-state index in [0.717, 1.165) is 24.5 Å². The van der Waals surface area contributed by atoms with E-state index in [1.807, 2.05) is 5.38 Å². The van der Waals surface area contributed by atoms with Crippen molar-refractivity contribution in [2.45, 2.75) is 31.5 Å². The molecule has 4 heteroatoms. The van der Waals surface area contributed by atoms with E-state index in [9.17, 15) is 5.11 Å². The van der Waals surface area contributed by atoms with Crippen molar-refractivity contribution in [3.8, 4) is 0 Å². The first kappa shape index (κ1) is 9.12. The maximum atomic E-state index is 9.76. The van der Waals surface area contributed by atoms with Gasteiger partial charge in [-0.1, -0.05) is 0 Å². The van der Waals surface area contributed by atoms with Crippen molar-refractivity contribution in [1.82, 2.24) is 4.98 Å². The van der Waals surface area contributed by atoms with Crippen molar-refractivity contribution >= 4 is 11.3 Å². The largest absolute Gasteiger partial charge is 0.390 e. The van der Waals surface area contributed by atoms with Crippen LogP contribution in [0.3, 0.4) is 0 Å². The van der Waals surface area contributed by atoms with Crippen molar-refractivity contribution in [3.05, 3.63) is 16.6 Å². The van der Waals surface area contributed by atoms with Gasteiger partial charge < -0.3 is 9.84 Å². The van der Waals surface area contributed by atoms with Crippen LogP contribution < -0.4 is 0 Å². The highest BCUT2D eigenvalue weighted by molar-refractivity contribution is 7.09. The summed E-state index contributed by atoms with van der Waals surface area (Å²) < 4.78 is 5.39. The summed E-state index contributed by atoms with van der Waals surface area (Å²) in [7, 11) is 0. The molecule has 1 aliphatic rings. The quantitative estimate of drug-likeness (QED) is 0.796. The van der Waals surface area contributed by atoms with Crippen LogP contribution in [0.1, 0.15) is 17.8 Å². The Morgan fingerprint density at radius 3 is 3.31 bits per heavy atom. The van der Waals surface area contributed by atoms with Gasteiger partial charge in [0.1, 0.15) is 0 Å². The lowest BCUT2D eigenvalue weighted by Crippen LogP contribution is -2.27. The smallest absolute Gasteiger partial charge is 0.0951 e. The number of hydrogen-bond donors (Lipinski definition) is 1. The summed E-state index contributed by atoms with van der Waals surface area (Å²) in [6.45, 7) is 0.791. The van der Waals surface area contributed by atoms with Crippen LogP contribution in [0.4, 0.5) is 0 Å². The van der Waals surface area contributed by atoms with Gasteiger partial charge in [0.05, 0.1) is 17.2 Å². The van der Waals surface area contributed by atoms with E-state index in [-0.39, 0.29) is 12.2 Å². The molecule has 13 heavy (non-hydrogen) atoms. The Balaban J connectivity index is 1.87. The van der Waals surface area contributed by atoms with Gasteiger partial charge in [0, 0.05) is 24.6 Å². The van der Waals surface area contributed by atoms with Crippen molar-refractivity contribution in [2.75, 3.05) is 6.61 Å². The predicted molar refractivity (Wildman–Crippen MR) is 50.8 cm³/mol. The molecule has 0 radical (unpaired) electrons. The van der Waals surface area contributed by atoms with Gasteiger partial charge in [-0.3, -0.25) is 0 Å². The lowest BCUT2D eigenvalue weighted by Gasteiger charge is -2.15. The number of ether oxygens (including phenoxy) is 1. The van der Waals surface area contributed by atoms with Crippen LogP contribution in [0, 0.1) is 0 Å². The summed E-state index contributed by atoms with van der Waals surface area (Å²) in [6, 6.07) is 0. The van der Waals surface area contributed by atoms with Gasteiger partial charge in [0.25, 0.3) is 0 Å². The molecule has 2 heterocycles. The second-order valence-electron chi connectivity index (χ2n) is 3.25. The second-order valence-corrected chi connectivity index (χ2v) is 4.23. The molecular formula is C9H13NO2S. The summed E-state index contributed by atoms with van der Waals surface area (Å²) in [4.78, 5) is 4.13.